The first-order valence-corrected chi connectivity index (χ1v) is 7.07. The van der Waals surface area contributed by atoms with Crippen LogP contribution >= 0.6 is 0 Å². The van der Waals surface area contributed by atoms with Gasteiger partial charge in [0.2, 0.25) is 0 Å². The molecular formula is C15H15N4O6-. The van der Waals surface area contributed by atoms with Crippen molar-refractivity contribution < 1.29 is 24.3 Å². The Kier molecular flexibility index (Phi) is 5.32. The molecule has 1 heterocycles. The van der Waals surface area contributed by atoms with Crippen molar-refractivity contribution >= 4 is 22.8 Å². The number of benzene rings is 1. The monoisotopic (exact) mass is 347 g/mol. The smallest absolute Gasteiger partial charge is 0.278 e. The summed E-state index contributed by atoms with van der Waals surface area (Å²) < 4.78 is 10.1. The number of ether oxygens (including phenoxy) is 2. The summed E-state index contributed by atoms with van der Waals surface area (Å²) in [6, 6.07) is 1.60. The maximum atomic E-state index is 11.2. The van der Waals surface area contributed by atoms with Crippen LogP contribution in [0, 0.1) is 10.1 Å². The van der Waals surface area contributed by atoms with E-state index in [9.17, 15) is 20.0 Å². The Morgan fingerprint density at radius 1 is 1.36 bits per heavy atom. The van der Waals surface area contributed by atoms with Gasteiger partial charge in [-0.25, -0.2) is 9.97 Å². The lowest BCUT2D eigenvalue weighted by molar-refractivity contribution is -0.384. The standard InChI is InChI=1S/C15H16N4O6/c1-4-5-10(17-15(20)21)9-6-8(19(22)23)7-11-12(9)18-14(25-3)13(16-11)24-2/h4,6-7,10,17H,1,5H2,2-3H3,(H,20,21)/p-1. The molecule has 1 N–H and O–H groups in total. The molecular weight excluding hydrogens is 332 g/mol. The van der Waals surface area contributed by atoms with Crippen LogP contribution in [0.2, 0.25) is 0 Å². The molecule has 25 heavy (non-hydrogen) atoms. The fraction of sp³-hybridized carbons (Fsp3) is 0.267. The van der Waals surface area contributed by atoms with E-state index in [2.05, 4.69) is 21.9 Å². The van der Waals surface area contributed by atoms with Gasteiger partial charge >= 0.3 is 0 Å². The van der Waals surface area contributed by atoms with Crippen LogP contribution in [0.1, 0.15) is 18.0 Å². The van der Waals surface area contributed by atoms with Crippen molar-refractivity contribution in [2.45, 2.75) is 12.5 Å². The highest BCUT2D eigenvalue weighted by molar-refractivity contribution is 5.83. The third-order valence-corrected chi connectivity index (χ3v) is 3.39. The molecule has 1 unspecified atom stereocenters. The second-order valence-electron chi connectivity index (χ2n) is 4.91. The summed E-state index contributed by atoms with van der Waals surface area (Å²) in [5.41, 5.74) is 0.389. The fourth-order valence-corrected chi connectivity index (χ4v) is 2.35. The van der Waals surface area contributed by atoms with Gasteiger partial charge in [-0.05, 0) is 6.42 Å². The first-order chi connectivity index (χ1) is 11.9. The zero-order valence-corrected chi connectivity index (χ0v) is 13.5. The number of hydrogen-bond donors (Lipinski definition) is 1. The van der Waals surface area contributed by atoms with E-state index in [1.165, 1.54) is 32.4 Å². The molecule has 2 rings (SSSR count). The number of carbonyl (C=O) groups excluding carboxylic acids is 1. The van der Waals surface area contributed by atoms with E-state index in [0.717, 1.165) is 0 Å². The van der Waals surface area contributed by atoms with Gasteiger partial charge in [0.1, 0.15) is 11.6 Å². The van der Waals surface area contributed by atoms with Crippen molar-refractivity contribution in [1.29, 1.82) is 0 Å². The number of nitrogens with zero attached hydrogens (tertiary/aromatic N) is 3. The SMILES string of the molecule is C=CCC(NC(=O)[O-])c1cc([N+](=O)[O-])cc2nc(OC)c(OC)nc12. The van der Waals surface area contributed by atoms with Gasteiger partial charge in [-0.3, -0.25) is 10.1 Å². The quantitative estimate of drug-likeness (QED) is 0.446. The van der Waals surface area contributed by atoms with Crippen molar-refractivity contribution in [2.24, 2.45) is 0 Å². The Labute approximate surface area is 142 Å². The average Bonchev–Trinajstić information content (AvgIpc) is 2.58. The number of fused-ring (bicyclic) bond motifs is 1. The van der Waals surface area contributed by atoms with Crippen LogP contribution in [0.4, 0.5) is 10.5 Å². The molecule has 0 aliphatic heterocycles. The van der Waals surface area contributed by atoms with Gasteiger partial charge in [-0.15, -0.1) is 6.58 Å². The predicted molar refractivity (Wildman–Crippen MR) is 85.4 cm³/mol. The van der Waals surface area contributed by atoms with Crippen LogP contribution in [0.15, 0.2) is 24.8 Å². The third kappa shape index (κ3) is 3.74. The second-order valence-corrected chi connectivity index (χ2v) is 4.91. The van der Waals surface area contributed by atoms with Gasteiger partial charge in [-0.2, -0.15) is 0 Å². The average molecular weight is 347 g/mol. The number of carbonyl (C=O) groups is 1. The van der Waals surface area contributed by atoms with E-state index in [0.29, 0.717) is 0 Å². The minimum absolute atomic E-state index is 0.0505. The third-order valence-electron chi connectivity index (χ3n) is 3.39. The number of carboxylic acid groups (broad SMARTS) is 1. The minimum atomic E-state index is -1.53. The molecule has 2 aromatic rings. The van der Waals surface area contributed by atoms with E-state index in [1.807, 2.05) is 0 Å². The number of non-ortho nitro benzene ring substituents is 1. The Balaban J connectivity index is 2.79. The Morgan fingerprint density at radius 3 is 2.52 bits per heavy atom. The molecule has 0 saturated carbocycles. The van der Waals surface area contributed by atoms with Gasteiger partial charge in [0.05, 0.1) is 30.7 Å². The van der Waals surface area contributed by atoms with Crippen LogP contribution < -0.4 is 19.9 Å². The van der Waals surface area contributed by atoms with E-state index in [-0.39, 0.29) is 40.5 Å². The summed E-state index contributed by atoms with van der Waals surface area (Å²) >= 11 is 0. The summed E-state index contributed by atoms with van der Waals surface area (Å²) in [5, 5.41) is 24.4. The van der Waals surface area contributed by atoms with Gasteiger partial charge in [0.25, 0.3) is 17.4 Å². The van der Waals surface area contributed by atoms with Crippen LogP contribution in [0.5, 0.6) is 11.8 Å². The Bertz CT molecular complexity index is 838. The molecule has 0 bridgehead atoms. The topological polar surface area (TPSA) is 140 Å². The molecule has 1 aromatic heterocycles. The highest BCUT2D eigenvalue weighted by atomic mass is 16.6. The second kappa shape index (κ2) is 7.43. The lowest BCUT2D eigenvalue weighted by atomic mass is 10.0. The molecule has 0 aliphatic rings. The van der Waals surface area contributed by atoms with Crippen molar-refractivity contribution in [3.8, 4) is 11.8 Å². The van der Waals surface area contributed by atoms with Crippen molar-refractivity contribution in [3.05, 3.63) is 40.5 Å². The highest BCUT2D eigenvalue weighted by Crippen LogP contribution is 2.33. The number of nitro groups is 1. The molecule has 0 aliphatic carbocycles. The molecule has 1 aromatic carbocycles. The van der Waals surface area contributed by atoms with Crippen molar-refractivity contribution in [2.75, 3.05) is 14.2 Å². The van der Waals surface area contributed by atoms with E-state index >= 15 is 0 Å². The molecule has 0 spiro atoms. The highest BCUT2D eigenvalue weighted by Gasteiger charge is 2.22. The minimum Gasteiger partial charge on any atom is -0.530 e. The van der Waals surface area contributed by atoms with Crippen molar-refractivity contribution in [1.82, 2.24) is 15.3 Å². The van der Waals surface area contributed by atoms with Crippen LogP contribution in [0.25, 0.3) is 11.0 Å². The predicted octanol–water partition coefficient (Wildman–Crippen LogP) is 1.11. The van der Waals surface area contributed by atoms with E-state index in [4.69, 9.17) is 9.47 Å². The first-order valence-electron chi connectivity index (χ1n) is 7.07. The number of hydrogen-bond acceptors (Lipinski definition) is 8. The van der Waals surface area contributed by atoms with E-state index < -0.39 is 17.1 Å². The number of methoxy groups -OCH3 is 2. The zero-order chi connectivity index (χ0) is 18.6. The summed E-state index contributed by atoms with van der Waals surface area (Å²) in [7, 11) is 2.72. The Hall–Kier alpha value is -3.43. The molecule has 10 nitrogen and oxygen atoms in total. The number of aromatic nitrogens is 2. The molecule has 0 fully saturated rings. The largest absolute Gasteiger partial charge is 0.530 e. The van der Waals surface area contributed by atoms with Crippen molar-refractivity contribution in [3.63, 3.8) is 0 Å². The maximum Gasteiger partial charge on any atom is 0.278 e. The van der Waals surface area contributed by atoms with Crippen LogP contribution in [-0.4, -0.2) is 35.2 Å². The fourth-order valence-electron chi connectivity index (χ4n) is 2.35. The Morgan fingerprint density at radius 2 is 2.00 bits per heavy atom. The van der Waals surface area contributed by atoms with Gasteiger partial charge in [-0.1, -0.05) is 6.08 Å². The van der Waals surface area contributed by atoms with Crippen LogP contribution in [0.3, 0.4) is 0 Å². The molecule has 10 heteroatoms. The van der Waals surface area contributed by atoms with Crippen LogP contribution in [-0.2, 0) is 0 Å². The lowest BCUT2D eigenvalue weighted by Gasteiger charge is -2.20. The molecule has 1 atom stereocenters. The number of nitrogens with one attached hydrogen (secondary N) is 1. The zero-order valence-electron chi connectivity index (χ0n) is 13.5. The molecule has 132 valence electrons. The van der Waals surface area contributed by atoms with E-state index in [1.54, 1.807) is 0 Å². The molecule has 1 amide bonds. The summed E-state index contributed by atoms with van der Waals surface area (Å²) in [4.78, 5) is 30.0. The maximum absolute atomic E-state index is 11.2. The number of amides is 1. The summed E-state index contributed by atoms with van der Waals surface area (Å²) in [6.45, 7) is 3.56. The lowest BCUT2D eigenvalue weighted by Crippen LogP contribution is -2.39. The van der Waals surface area contributed by atoms with Gasteiger partial charge in [0, 0.05) is 17.7 Å². The summed E-state index contributed by atoms with van der Waals surface area (Å²) in [5.74, 6) is 0.116. The molecule has 0 saturated heterocycles. The summed E-state index contributed by atoms with van der Waals surface area (Å²) in [6.07, 6.45) is 0.111. The van der Waals surface area contributed by atoms with Gasteiger partial charge < -0.3 is 24.7 Å². The first kappa shape index (κ1) is 17.9. The number of nitro benzene ring substituents is 1. The normalized spacial score (nSPS) is 11.6. The number of rotatable bonds is 7. The molecule has 0 radical (unpaired) electrons. The van der Waals surface area contributed by atoms with Gasteiger partial charge in [0.15, 0.2) is 0 Å².